The van der Waals surface area contributed by atoms with Gasteiger partial charge >= 0.3 is 0 Å². The molecule has 150 valence electrons. The fourth-order valence-electron chi connectivity index (χ4n) is 4.02. The Morgan fingerprint density at radius 2 is 1.63 bits per heavy atom. The Balaban J connectivity index is 1.60. The van der Waals surface area contributed by atoms with E-state index >= 15 is 0 Å². The molecule has 0 saturated heterocycles. The van der Waals surface area contributed by atoms with Crippen LogP contribution in [0.1, 0.15) is 17.1 Å². The molecule has 0 saturated carbocycles. The van der Waals surface area contributed by atoms with E-state index in [2.05, 4.69) is 87.2 Å². The second-order valence-corrected chi connectivity index (χ2v) is 7.66. The summed E-state index contributed by atoms with van der Waals surface area (Å²) in [5.74, 6) is 2.34. The Hall–Kier alpha value is -3.51. The minimum absolute atomic E-state index is 0.614. The number of methoxy groups -OCH3 is 1. The van der Waals surface area contributed by atoms with Crippen LogP contribution in [0.25, 0.3) is 28.2 Å². The van der Waals surface area contributed by atoms with Gasteiger partial charge in [-0.25, -0.2) is 4.98 Å². The average Bonchev–Trinajstić information content (AvgIpc) is 3.11. The van der Waals surface area contributed by atoms with Gasteiger partial charge in [-0.05, 0) is 36.7 Å². The number of aromatic nitrogens is 4. The standard InChI is InChI=1S/C24H23N5O/c1-16-6-4-5-7-19(16)17-8-10-18(11-9-17)24-27-26-22-15-28(2)14-20-21(29(22)24)12-13-23(25-20)30-3/h4-13H,14-15H2,1-3H3. The number of pyridine rings is 1. The molecule has 0 amide bonds. The summed E-state index contributed by atoms with van der Waals surface area (Å²) in [6.45, 7) is 3.56. The smallest absolute Gasteiger partial charge is 0.213 e. The average molecular weight is 397 g/mol. The number of hydrogen-bond donors (Lipinski definition) is 0. The lowest BCUT2D eigenvalue weighted by Gasteiger charge is -2.13. The van der Waals surface area contributed by atoms with Crippen molar-refractivity contribution in [3.63, 3.8) is 0 Å². The van der Waals surface area contributed by atoms with Gasteiger partial charge in [0, 0.05) is 18.2 Å². The van der Waals surface area contributed by atoms with Gasteiger partial charge in [-0.1, -0.05) is 48.5 Å². The molecule has 0 aliphatic carbocycles. The largest absolute Gasteiger partial charge is 0.481 e. The number of benzene rings is 2. The lowest BCUT2D eigenvalue weighted by Crippen LogP contribution is -2.17. The van der Waals surface area contributed by atoms with Gasteiger partial charge in [-0.2, -0.15) is 0 Å². The quantitative estimate of drug-likeness (QED) is 0.517. The van der Waals surface area contributed by atoms with Crippen molar-refractivity contribution < 1.29 is 4.74 Å². The molecule has 0 unspecified atom stereocenters. The van der Waals surface area contributed by atoms with Gasteiger partial charge in [0.1, 0.15) is 0 Å². The lowest BCUT2D eigenvalue weighted by molar-refractivity contribution is 0.309. The highest BCUT2D eigenvalue weighted by Crippen LogP contribution is 2.31. The van der Waals surface area contributed by atoms with E-state index in [1.54, 1.807) is 7.11 Å². The molecule has 6 nitrogen and oxygen atoms in total. The van der Waals surface area contributed by atoms with Crippen LogP contribution in [-0.4, -0.2) is 38.8 Å². The predicted molar refractivity (Wildman–Crippen MR) is 116 cm³/mol. The highest BCUT2D eigenvalue weighted by Gasteiger charge is 2.24. The fraction of sp³-hybridized carbons (Fsp3) is 0.208. The Labute approximate surface area is 175 Å². The van der Waals surface area contributed by atoms with E-state index in [1.165, 1.54) is 16.7 Å². The van der Waals surface area contributed by atoms with Crippen molar-refractivity contribution in [3.05, 3.63) is 77.7 Å². The maximum Gasteiger partial charge on any atom is 0.213 e. The molecule has 1 aliphatic rings. The summed E-state index contributed by atoms with van der Waals surface area (Å²) >= 11 is 0. The number of ether oxygens (including phenoxy) is 1. The van der Waals surface area contributed by atoms with Gasteiger partial charge in [0.15, 0.2) is 11.6 Å². The third-order valence-corrected chi connectivity index (χ3v) is 5.53. The number of rotatable bonds is 3. The molecule has 0 bridgehead atoms. The molecule has 0 atom stereocenters. The number of fused-ring (bicyclic) bond motifs is 3. The van der Waals surface area contributed by atoms with Crippen LogP contribution in [-0.2, 0) is 13.1 Å². The maximum absolute atomic E-state index is 5.34. The minimum Gasteiger partial charge on any atom is -0.481 e. The molecule has 30 heavy (non-hydrogen) atoms. The summed E-state index contributed by atoms with van der Waals surface area (Å²) < 4.78 is 7.45. The molecule has 2 aromatic heterocycles. The summed E-state index contributed by atoms with van der Waals surface area (Å²) in [4.78, 5) is 6.86. The molecule has 1 aliphatic heterocycles. The van der Waals surface area contributed by atoms with Crippen LogP contribution < -0.4 is 4.74 Å². The Bertz CT molecular complexity index is 1210. The summed E-state index contributed by atoms with van der Waals surface area (Å²) in [7, 11) is 3.70. The zero-order valence-corrected chi connectivity index (χ0v) is 17.3. The predicted octanol–water partition coefficient (Wildman–Crippen LogP) is 4.26. The van der Waals surface area contributed by atoms with Crippen molar-refractivity contribution in [1.82, 2.24) is 24.6 Å². The molecule has 0 spiro atoms. The molecule has 0 radical (unpaired) electrons. The summed E-state index contributed by atoms with van der Waals surface area (Å²) in [6, 6.07) is 20.9. The van der Waals surface area contributed by atoms with Gasteiger partial charge in [0.25, 0.3) is 0 Å². The first-order valence-electron chi connectivity index (χ1n) is 9.97. The van der Waals surface area contributed by atoms with E-state index < -0.39 is 0 Å². The fourth-order valence-corrected chi connectivity index (χ4v) is 4.02. The molecule has 2 aromatic carbocycles. The van der Waals surface area contributed by atoms with Crippen molar-refractivity contribution in [3.8, 4) is 34.1 Å². The highest BCUT2D eigenvalue weighted by atomic mass is 16.5. The Morgan fingerprint density at radius 3 is 2.40 bits per heavy atom. The van der Waals surface area contributed by atoms with Gasteiger partial charge < -0.3 is 4.74 Å². The normalized spacial score (nSPS) is 13.4. The van der Waals surface area contributed by atoms with Gasteiger partial charge in [-0.3, -0.25) is 9.47 Å². The van der Waals surface area contributed by atoms with Crippen LogP contribution in [0, 0.1) is 6.92 Å². The van der Waals surface area contributed by atoms with E-state index in [9.17, 15) is 0 Å². The van der Waals surface area contributed by atoms with Crippen molar-refractivity contribution in [2.24, 2.45) is 0 Å². The first-order chi connectivity index (χ1) is 14.6. The monoisotopic (exact) mass is 397 g/mol. The van der Waals surface area contributed by atoms with E-state index in [0.717, 1.165) is 35.1 Å². The Morgan fingerprint density at radius 1 is 0.867 bits per heavy atom. The molecule has 0 fully saturated rings. The van der Waals surface area contributed by atoms with Gasteiger partial charge in [-0.15, -0.1) is 10.2 Å². The van der Waals surface area contributed by atoms with Gasteiger partial charge in [0.2, 0.25) is 5.88 Å². The molecule has 5 rings (SSSR count). The first kappa shape index (κ1) is 18.5. The topological polar surface area (TPSA) is 56.1 Å². The van der Waals surface area contributed by atoms with E-state index in [0.29, 0.717) is 12.4 Å². The van der Waals surface area contributed by atoms with Crippen LogP contribution >= 0.6 is 0 Å². The van der Waals surface area contributed by atoms with Crippen LogP contribution in [0.4, 0.5) is 0 Å². The summed E-state index contributed by atoms with van der Waals surface area (Å²) in [5, 5.41) is 9.02. The second-order valence-electron chi connectivity index (χ2n) is 7.66. The number of aryl methyl sites for hydroxylation is 1. The molecule has 6 heteroatoms. The number of nitrogens with zero attached hydrogens (tertiary/aromatic N) is 5. The molecular formula is C24H23N5O. The third-order valence-electron chi connectivity index (χ3n) is 5.53. The van der Waals surface area contributed by atoms with Crippen molar-refractivity contribution in [1.29, 1.82) is 0 Å². The van der Waals surface area contributed by atoms with Crippen LogP contribution in [0.2, 0.25) is 0 Å². The maximum atomic E-state index is 5.34. The second kappa shape index (κ2) is 7.39. The molecule has 0 N–H and O–H groups in total. The van der Waals surface area contributed by atoms with E-state index in [1.807, 2.05) is 12.1 Å². The van der Waals surface area contributed by atoms with Crippen LogP contribution in [0.3, 0.4) is 0 Å². The van der Waals surface area contributed by atoms with Crippen molar-refractivity contribution in [2.45, 2.75) is 20.0 Å². The van der Waals surface area contributed by atoms with Crippen LogP contribution in [0.5, 0.6) is 5.88 Å². The highest BCUT2D eigenvalue weighted by molar-refractivity contribution is 5.71. The lowest BCUT2D eigenvalue weighted by atomic mass is 9.99. The summed E-state index contributed by atoms with van der Waals surface area (Å²) in [5.41, 5.74) is 6.67. The van der Waals surface area contributed by atoms with Gasteiger partial charge in [0.05, 0.1) is 25.0 Å². The van der Waals surface area contributed by atoms with Crippen molar-refractivity contribution >= 4 is 0 Å². The molecular weight excluding hydrogens is 374 g/mol. The first-order valence-corrected chi connectivity index (χ1v) is 9.97. The molecule has 3 heterocycles. The third kappa shape index (κ3) is 3.15. The number of hydrogen-bond acceptors (Lipinski definition) is 5. The van der Waals surface area contributed by atoms with Crippen LogP contribution in [0.15, 0.2) is 60.7 Å². The van der Waals surface area contributed by atoms with E-state index in [-0.39, 0.29) is 0 Å². The molecule has 4 aromatic rings. The van der Waals surface area contributed by atoms with Crippen molar-refractivity contribution in [2.75, 3.05) is 14.2 Å². The zero-order chi connectivity index (χ0) is 20.7. The Kier molecular flexibility index (Phi) is 4.56. The summed E-state index contributed by atoms with van der Waals surface area (Å²) in [6.07, 6.45) is 0. The van der Waals surface area contributed by atoms with E-state index in [4.69, 9.17) is 4.74 Å². The minimum atomic E-state index is 0.614. The zero-order valence-electron chi connectivity index (χ0n) is 17.3. The SMILES string of the molecule is COc1ccc2c(n1)CN(C)Cc1nnc(-c3ccc(-c4ccccc4C)cc3)n1-2.